The molecule has 96 heavy (non-hydrogen) atoms. The first kappa shape index (κ1) is 79.3. The summed E-state index contributed by atoms with van der Waals surface area (Å²) in [5, 5.41) is 8.61. The van der Waals surface area contributed by atoms with Gasteiger partial charge in [-0.1, -0.05) is 154 Å². The molecule has 0 unspecified atom stereocenters. The van der Waals surface area contributed by atoms with Gasteiger partial charge in [-0.3, -0.25) is 19.9 Å². The fourth-order valence-electron chi connectivity index (χ4n) is 9.91. The zero-order valence-electron chi connectivity index (χ0n) is 53.5. The maximum Gasteiger partial charge on any atom is 2.00 e. The van der Waals surface area contributed by atoms with Crippen LogP contribution in [-0.4, -0.2) is 33.1 Å². The van der Waals surface area contributed by atoms with Crippen LogP contribution < -0.4 is 83.6 Å². The van der Waals surface area contributed by atoms with E-state index in [1.54, 1.807) is 0 Å². The molecule has 12 rings (SSSR count). The molecule has 0 N–H and O–H groups in total. The van der Waals surface area contributed by atoms with Crippen molar-refractivity contribution in [2.75, 3.05) is 23.0 Å². The Balaban J connectivity index is 0.000000252. The molecule has 4 aromatic heterocycles. The van der Waals surface area contributed by atoms with E-state index in [2.05, 4.69) is 258 Å². The maximum absolute atomic E-state index is 8.49. The Bertz CT molecular complexity index is 3490. The molecule has 0 spiro atoms. The van der Waals surface area contributed by atoms with E-state index in [0.29, 0.717) is 19.6 Å². The molecule has 1 aliphatic rings. The van der Waals surface area contributed by atoms with Gasteiger partial charge in [0.2, 0.25) is 6.23 Å². The summed E-state index contributed by atoms with van der Waals surface area (Å²) >= 11 is 0. The van der Waals surface area contributed by atoms with Gasteiger partial charge >= 0.3 is 34.1 Å². The Morgan fingerprint density at radius 1 is 0.427 bits per heavy atom. The van der Waals surface area contributed by atoms with Crippen LogP contribution in [0.5, 0.6) is 5.75 Å². The molecule has 22 heteroatoms. The molecule has 2 radical (unpaired) electrons. The van der Waals surface area contributed by atoms with Crippen LogP contribution in [0.3, 0.4) is 0 Å². The summed E-state index contributed by atoms with van der Waals surface area (Å²) in [5.74, 6) is 0.830. The number of halogens is 2. The minimum atomic E-state index is -4.94. The standard InChI is InChI=1S/C34H34N6O.2C18H15P.C4H10O.2ClHO4.2Cu/c1-34(2,3)25-20-30(39(22-26-12-4-8-16-35-26)23-27-13-5-9-17-36-27)32-31(21-25)40(24-28-14-6-10-18-37-28)33(41-32)29-15-7-11-19-38-29;2*1-4-10-16(11-5-1)19(17-12-6-2-7-13-17)18-14-8-3-9-15-18;1-3-5-4-2;2*2-1(3,4)5;;/h4-21,33H,22-24H2,1-3H3;2*1-15H;3-4H2,1-2H3;2*(H,2,3,4,5);;/q;;;;;;2*+2/t33-;;;;;;;/m1......./s1. The van der Waals surface area contributed by atoms with E-state index in [-0.39, 0.29) is 39.6 Å². The van der Waals surface area contributed by atoms with E-state index in [1.807, 2.05) is 93.2 Å². The van der Waals surface area contributed by atoms with Gasteiger partial charge in [-0.25, -0.2) is 37.3 Å². The van der Waals surface area contributed by atoms with Gasteiger partial charge in [0.25, 0.3) is 0 Å². The fourth-order valence-corrected chi connectivity index (χ4v) is 15.1. The Labute approximate surface area is 590 Å². The Morgan fingerprint density at radius 2 is 0.729 bits per heavy atom. The summed E-state index contributed by atoms with van der Waals surface area (Å²) in [6, 6.07) is 93.6. The van der Waals surface area contributed by atoms with E-state index < -0.39 is 42.6 Å². The SMILES string of the molecule is CC(C)(C)c1cc(N(Cc2ccccn2)Cc2ccccn2)c2c(c1)N(Cc1ccccn1)[C@@H](c1ccccn1)O2.CCOCC.[Cu+2].[Cu+2].[O-][Cl+3]([O-])([O-])[O-].[O-][Cl+3]([O-])([O-])[O-].c1ccc([PH+](c2ccccc2)c2ccccc2)cc1.c1ccc([PH+](c2ccccc2)c2ccccc2)cc1. The number of rotatable bonds is 16. The van der Waals surface area contributed by atoms with Gasteiger partial charge in [0.1, 0.15) is 37.5 Å². The van der Waals surface area contributed by atoms with E-state index in [4.69, 9.17) is 51.7 Å². The number of anilines is 2. The van der Waals surface area contributed by atoms with Gasteiger partial charge in [-0.15, -0.1) is 20.5 Å². The second-order valence-electron chi connectivity index (χ2n) is 21.7. The summed E-state index contributed by atoms with van der Waals surface area (Å²) < 4.78 is 79.7. The number of pyridine rings is 4. The summed E-state index contributed by atoms with van der Waals surface area (Å²) in [4.78, 5) is 23.2. The molecule has 1 atom stereocenters. The topological polar surface area (TPSA) is 261 Å². The second-order valence-corrected chi connectivity index (χ2v) is 28.2. The van der Waals surface area contributed by atoms with Crippen LogP contribution in [0.25, 0.3) is 0 Å². The van der Waals surface area contributed by atoms with Crippen molar-refractivity contribution in [2.24, 2.45) is 0 Å². The van der Waals surface area contributed by atoms with Crippen LogP contribution in [0, 0.1) is 20.5 Å². The minimum Gasteiger partial charge on any atom is -0.460 e. The first-order valence-electron chi connectivity index (χ1n) is 30.1. The molecule has 1 aliphatic heterocycles. The summed E-state index contributed by atoms with van der Waals surface area (Å²) in [6.45, 7) is 14.2. The molecule has 5 heterocycles. The molecule has 16 nitrogen and oxygen atoms in total. The molecule has 0 bridgehead atoms. The van der Waals surface area contributed by atoms with Crippen molar-refractivity contribution in [1.29, 1.82) is 0 Å². The summed E-state index contributed by atoms with van der Waals surface area (Å²) in [6.07, 6.45) is 6.94. The van der Waals surface area contributed by atoms with Crippen LogP contribution in [0.15, 0.2) is 292 Å². The van der Waals surface area contributed by atoms with Crippen molar-refractivity contribution < 1.29 is 101 Å². The first-order chi connectivity index (χ1) is 45.3. The van der Waals surface area contributed by atoms with E-state index in [9.17, 15) is 0 Å². The third-order valence-electron chi connectivity index (χ3n) is 14.0. The number of nitrogens with zero attached hydrogens (tertiary/aromatic N) is 6. The van der Waals surface area contributed by atoms with Crippen LogP contribution in [0.4, 0.5) is 11.4 Å². The fraction of sp³-hybridized carbons (Fsp3) is 0.162. The molecule has 504 valence electrons. The average molecular weight is 1470 g/mol. The number of fused-ring (bicyclic) bond motifs is 1. The van der Waals surface area contributed by atoms with Crippen molar-refractivity contribution in [3.63, 3.8) is 0 Å². The third-order valence-corrected chi connectivity index (χ3v) is 19.5. The first-order valence-corrected chi connectivity index (χ1v) is 35.6. The van der Waals surface area contributed by atoms with Crippen LogP contribution in [-0.2, 0) is 63.9 Å². The molecule has 0 saturated heterocycles. The molecule has 7 aromatic carbocycles. The zero-order valence-corrected chi connectivity index (χ0v) is 58.8. The van der Waals surface area contributed by atoms with Gasteiger partial charge in [-0.05, 0) is 158 Å². The quantitative estimate of drug-likeness (QED) is 0.0934. The molecule has 11 aromatic rings. The van der Waals surface area contributed by atoms with E-state index >= 15 is 0 Å². The zero-order chi connectivity index (χ0) is 67.2. The van der Waals surface area contributed by atoms with Gasteiger partial charge in [0.05, 0.1) is 63.9 Å². The predicted octanol–water partition coefficient (Wildman–Crippen LogP) is 4.75. The van der Waals surface area contributed by atoms with E-state index in [0.717, 1.165) is 53.1 Å². The minimum absolute atomic E-state index is 0. The number of benzene rings is 7. The van der Waals surface area contributed by atoms with Gasteiger partial charge < -0.3 is 19.3 Å². The van der Waals surface area contributed by atoms with Crippen molar-refractivity contribution in [3.8, 4) is 5.75 Å². The van der Waals surface area contributed by atoms with Crippen molar-refractivity contribution >= 4 is 59.0 Å². The van der Waals surface area contributed by atoms with Crippen molar-refractivity contribution in [3.05, 3.63) is 320 Å². The summed E-state index contributed by atoms with van der Waals surface area (Å²) in [7, 11) is -11.6. The second kappa shape index (κ2) is 41.0. The van der Waals surface area contributed by atoms with Crippen LogP contribution >= 0.6 is 15.8 Å². The average Bonchev–Trinajstić information content (AvgIpc) is 1.59. The predicted molar refractivity (Wildman–Crippen MR) is 357 cm³/mol. The molecule has 0 amide bonds. The number of ether oxygens (including phenoxy) is 2. The van der Waals surface area contributed by atoms with Gasteiger partial charge in [0, 0.05) is 38.0 Å². The van der Waals surface area contributed by atoms with Gasteiger partial charge in [0.15, 0.2) is 5.75 Å². The largest absolute Gasteiger partial charge is 2.00 e. The molecular weight excluding hydrogens is 1390 g/mol. The van der Waals surface area contributed by atoms with E-state index in [1.165, 1.54) is 37.4 Å². The van der Waals surface area contributed by atoms with Crippen molar-refractivity contribution in [2.45, 2.75) is 65.9 Å². The Morgan fingerprint density at radius 3 is 1.00 bits per heavy atom. The Kier molecular flexibility index (Phi) is 33.9. The number of aromatic nitrogens is 4. The Hall–Kier alpha value is -7.34. The monoisotopic (exact) mass is 1470 g/mol. The van der Waals surface area contributed by atoms with Crippen LogP contribution in [0.2, 0.25) is 0 Å². The molecule has 0 fully saturated rings. The normalized spacial score (nSPS) is 12.0. The number of hydrogen-bond donors (Lipinski definition) is 0. The van der Waals surface area contributed by atoms with Gasteiger partial charge in [-0.2, -0.15) is 0 Å². The molecular formula is C74H76Cl2Cu2N6O10P2+4. The number of hydrogen-bond acceptors (Lipinski definition) is 16. The molecule has 0 saturated carbocycles. The van der Waals surface area contributed by atoms with Crippen molar-refractivity contribution in [1.82, 2.24) is 19.9 Å². The van der Waals surface area contributed by atoms with Crippen LogP contribution in [0.1, 0.15) is 69.2 Å². The third kappa shape index (κ3) is 27.3. The smallest absolute Gasteiger partial charge is 0.460 e. The maximum atomic E-state index is 8.49. The summed E-state index contributed by atoms with van der Waals surface area (Å²) in [5.41, 5.74) is 6.93. The molecule has 0 aliphatic carbocycles.